The largest absolute Gasteiger partial charge is 0.468 e. The summed E-state index contributed by atoms with van der Waals surface area (Å²) in [5.74, 6) is 0.332. The molecule has 13 heavy (non-hydrogen) atoms. The van der Waals surface area contributed by atoms with Gasteiger partial charge >= 0.3 is 5.97 Å². The van der Waals surface area contributed by atoms with E-state index < -0.39 is 0 Å². The molecule has 0 saturated heterocycles. The van der Waals surface area contributed by atoms with Gasteiger partial charge in [-0.15, -0.1) is 10.2 Å². The standard InChI is InChI=1S/C6H7BrN2O2S2/c1-11-5(10)4(7)2-12-6-9-8-3-13-6/h3-4H,2H2,1H3. The molecule has 1 aromatic rings. The van der Waals surface area contributed by atoms with Gasteiger partial charge in [0.25, 0.3) is 0 Å². The molecule has 1 atom stereocenters. The van der Waals surface area contributed by atoms with E-state index in [0.717, 1.165) is 4.34 Å². The van der Waals surface area contributed by atoms with Crippen molar-refractivity contribution in [3.63, 3.8) is 0 Å². The third kappa shape index (κ3) is 3.61. The molecule has 0 amide bonds. The van der Waals surface area contributed by atoms with Crippen molar-refractivity contribution in [1.29, 1.82) is 0 Å². The van der Waals surface area contributed by atoms with Gasteiger partial charge in [-0.25, -0.2) is 0 Å². The second-order valence-corrected chi connectivity index (χ2v) is 5.21. The van der Waals surface area contributed by atoms with Gasteiger partial charge in [-0.1, -0.05) is 39.0 Å². The van der Waals surface area contributed by atoms with Crippen LogP contribution in [0.3, 0.4) is 0 Å². The van der Waals surface area contributed by atoms with Crippen molar-refractivity contribution in [3.05, 3.63) is 5.51 Å². The van der Waals surface area contributed by atoms with Gasteiger partial charge in [0.05, 0.1) is 7.11 Å². The summed E-state index contributed by atoms with van der Waals surface area (Å²) >= 11 is 6.14. The highest BCUT2D eigenvalue weighted by Gasteiger charge is 2.15. The maximum atomic E-state index is 11.0. The minimum absolute atomic E-state index is 0.267. The molecular formula is C6H7BrN2O2S2. The first-order valence-corrected chi connectivity index (χ1v) is 6.13. The van der Waals surface area contributed by atoms with Gasteiger partial charge in [-0.2, -0.15) is 0 Å². The Morgan fingerprint density at radius 3 is 3.23 bits per heavy atom. The minimum atomic E-state index is -0.286. The molecule has 0 N–H and O–H groups in total. The molecule has 0 bridgehead atoms. The average Bonchev–Trinajstić information content (AvgIpc) is 2.65. The van der Waals surface area contributed by atoms with Gasteiger partial charge in [0.1, 0.15) is 10.3 Å². The number of halogens is 1. The second kappa shape index (κ2) is 5.56. The van der Waals surface area contributed by atoms with Crippen LogP contribution in [-0.4, -0.2) is 33.9 Å². The van der Waals surface area contributed by atoms with E-state index >= 15 is 0 Å². The molecule has 0 radical (unpaired) electrons. The van der Waals surface area contributed by atoms with Gasteiger partial charge in [0.2, 0.25) is 0 Å². The Balaban J connectivity index is 2.30. The summed E-state index contributed by atoms with van der Waals surface area (Å²) in [5.41, 5.74) is 1.66. The fraction of sp³-hybridized carbons (Fsp3) is 0.500. The number of alkyl halides is 1. The average molecular weight is 283 g/mol. The smallest absolute Gasteiger partial charge is 0.320 e. The Morgan fingerprint density at radius 1 is 1.92 bits per heavy atom. The predicted octanol–water partition coefficient (Wildman–Crippen LogP) is 1.57. The molecule has 0 aromatic carbocycles. The van der Waals surface area contributed by atoms with Crippen LogP contribution < -0.4 is 0 Å². The first kappa shape index (κ1) is 10.9. The van der Waals surface area contributed by atoms with E-state index in [1.54, 1.807) is 5.51 Å². The van der Waals surface area contributed by atoms with Gasteiger partial charge in [0, 0.05) is 5.75 Å². The molecule has 4 nitrogen and oxygen atoms in total. The predicted molar refractivity (Wildman–Crippen MR) is 55.4 cm³/mol. The monoisotopic (exact) mass is 282 g/mol. The summed E-state index contributed by atoms with van der Waals surface area (Å²) in [6.07, 6.45) is 0. The third-order valence-electron chi connectivity index (χ3n) is 1.15. The van der Waals surface area contributed by atoms with E-state index in [1.165, 1.54) is 30.2 Å². The van der Waals surface area contributed by atoms with Gasteiger partial charge in [-0.3, -0.25) is 4.79 Å². The minimum Gasteiger partial charge on any atom is -0.468 e. The lowest BCUT2D eigenvalue weighted by atomic mass is 10.5. The number of methoxy groups -OCH3 is 1. The number of thioether (sulfide) groups is 1. The molecule has 0 aliphatic carbocycles. The zero-order valence-electron chi connectivity index (χ0n) is 6.77. The molecule has 1 heterocycles. The molecule has 1 rings (SSSR count). The van der Waals surface area contributed by atoms with Crippen LogP contribution in [0.2, 0.25) is 0 Å². The number of hydrogen-bond acceptors (Lipinski definition) is 6. The third-order valence-corrected chi connectivity index (χ3v) is 4.23. The van der Waals surface area contributed by atoms with Gasteiger partial charge in [0.15, 0.2) is 4.34 Å². The molecule has 0 aliphatic heterocycles. The van der Waals surface area contributed by atoms with Crippen molar-refractivity contribution in [2.75, 3.05) is 12.9 Å². The van der Waals surface area contributed by atoms with Crippen LogP contribution >= 0.6 is 39.0 Å². The zero-order chi connectivity index (χ0) is 9.68. The lowest BCUT2D eigenvalue weighted by Gasteiger charge is -2.04. The molecule has 0 saturated carbocycles. The van der Waals surface area contributed by atoms with E-state index in [-0.39, 0.29) is 10.8 Å². The van der Waals surface area contributed by atoms with Crippen molar-refractivity contribution in [2.24, 2.45) is 0 Å². The molecule has 7 heteroatoms. The number of ether oxygens (including phenoxy) is 1. The van der Waals surface area contributed by atoms with E-state index in [9.17, 15) is 4.79 Å². The molecular weight excluding hydrogens is 276 g/mol. The summed E-state index contributed by atoms with van der Waals surface area (Å²) in [6.45, 7) is 0. The van der Waals surface area contributed by atoms with Crippen LogP contribution in [0, 0.1) is 0 Å². The summed E-state index contributed by atoms with van der Waals surface area (Å²) < 4.78 is 5.41. The maximum absolute atomic E-state index is 11.0. The Hall–Kier alpha value is -0.140. The first-order chi connectivity index (χ1) is 6.24. The highest BCUT2D eigenvalue weighted by Crippen LogP contribution is 2.22. The number of carbonyl (C=O) groups excluding carboxylic acids is 1. The molecule has 0 spiro atoms. The van der Waals surface area contributed by atoms with Gasteiger partial charge < -0.3 is 4.74 Å². The number of hydrogen-bond donors (Lipinski definition) is 0. The first-order valence-electron chi connectivity index (χ1n) is 3.35. The SMILES string of the molecule is COC(=O)C(Br)CSc1nncs1. The number of rotatable bonds is 4. The zero-order valence-corrected chi connectivity index (χ0v) is 9.99. The highest BCUT2D eigenvalue weighted by atomic mass is 79.9. The topological polar surface area (TPSA) is 52.1 Å². The number of aromatic nitrogens is 2. The number of nitrogens with zero attached hydrogens (tertiary/aromatic N) is 2. The Kier molecular flexibility index (Phi) is 4.68. The van der Waals surface area contributed by atoms with Gasteiger partial charge in [-0.05, 0) is 0 Å². The Labute approximate surface area is 92.2 Å². The summed E-state index contributed by atoms with van der Waals surface area (Å²) in [6, 6.07) is 0. The van der Waals surface area contributed by atoms with Crippen molar-refractivity contribution in [2.45, 2.75) is 9.17 Å². The fourth-order valence-corrected chi connectivity index (χ4v) is 2.56. The fourth-order valence-electron chi connectivity index (χ4n) is 0.566. The van der Waals surface area contributed by atoms with E-state index in [1.807, 2.05) is 0 Å². The van der Waals surface area contributed by atoms with Crippen molar-refractivity contribution >= 4 is 45.0 Å². The maximum Gasteiger partial charge on any atom is 0.320 e. The normalized spacial score (nSPS) is 12.5. The summed E-state index contributed by atoms with van der Waals surface area (Å²) in [7, 11) is 1.37. The van der Waals surface area contributed by atoms with Crippen molar-refractivity contribution < 1.29 is 9.53 Å². The van der Waals surface area contributed by atoms with E-state index in [0.29, 0.717) is 5.75 Å². The Morgan fingerprint density at radius 2 is 2.69 bits per heavy atom. The second-order valence-electron chi connectivity index (χ2n) is 2.01. The Bertz CT molecular complexity index is 268. The molecule has 1 aromatic heterocycles. The van der Waals surface area contributed by atoms with Crippen LogP contribution in [0.4, 0.5) is 0 Å². The number of carbonyl (C=O) groups is 1. The molecule has 72 valence electrons. The van der Waals surface area contributed by atoms with Crippen molar-refractivity contribution in [1.82, 2.24) is 10.2 Å². The highest BCUT2D eigenvalue weighted by molar-refractivity contribution is 9.10. The molecule has 1 unspecified atom stereocenters. The number of esters is 1. The van der Waals surface area contributed by atoms with Crippen LogP contribution in [0.25, 0.3) is 0 Å². The lowest BCUT2D eigenvalue weighted by molar-refractivity contribution is -0.139. The van der Waals surface area contributed by atoms with E-state index in [4.69, 9.17) is 0 Å². The van der Waals surface area contributed by atoms with E-state index in [2.05, 4.69) is 30.9 Å². The van der Waals surface area contributed by atoms with Crippen LogP contribution in [0.5, 0.6) is 0 Å². The summed E-state index contributed by atoms with van der Waals surface area (Å²) in [4.78, 5) is 10.7. The van der Waals surface area contributed by atoms with Crippen molar-refractivity contribution in [3.8, 4) is 0 Å². The quantitative estimate of drug-likeness (QED) is 0.477. The van der Waals surface area contributed by atoms with Crippen LogP contribution in [0.1, 0.15) is 0 Å². The van der Waals surface area contributed by atoms with Crippen LogP contribution in [0.15, 0.2) is 9.85 Å². The lowest BCUT2D eigenvalue weighted by Crippen LogP contribution is -2.17. The molecule has 0 fully saturated rings. The molecule has 0 aliphatic rings. The summed E-state index contributed by atoms with van der Waals surface area (Å²) in [5, 5.41) is 7.51. The van der Waals surface area contributed by atoms with Crippen LogP contribution in [-0.2, 0) is 9.53 Å².